The van der Waals surface area contributed by atoms with E-state index >= 15 is 0 Å². The highest BCUT2D eigenvalue weighted by atomic mass is 15.2. The molecule has 1 aromatic heterocycles. The number of hydrogen-bond donors (Lipinski definition) is 0. The van der Waals surface area contributed by atoms with E-state index in [-0.39, 0.29) is 0 Å². The molecule has 37 heavy (non-hydrogen) atoms. The van der Waals surface area contributed by atoms with E-state index in [0.29, 0.717) is 12.0 Å². The van der Waals surface area contributed by atoms with Crippen molar-refractivity contribution in [2.45, 2.75) is 130 Å². The number of unbranched alkanes of at least 4 members (excludes halogenated alkanes) is 10. The minimum absolute atomic E-state index is 0.454. The van der Waals surface area contributed by atoms with Crippen LogP contribution in [0, 0.1) is 0 Å². The Labute approximate surface area is 228 Å². The van der Waals surface area contributed by atoms with Gasteiger partial charge < -0.3 is 0 Å². The number of imidazole rings is 1. The Bertz CT molecular complexity index is 987. The van der Waals surface area contributed by atoms with Crippen LogP contribution >= 0.6 is 0 Å². The van der Waals surface area contributed by atoms with Gasteiger partial charge in [-0.25, -0.2) is 9.13 Å². The minimum Gasteiger partial charge on any atom is -0.234 e. The third-order valence-corrected chi connectivity index (χ3v) is 7.83. The van der Waals surface area contributed by atoms with Crippen LogP contribution in [0.4, 0.5) is 0 Å². The van der Waals surface area contributed by atoms with E-state index in [1.54, 1.807) is 0 Å². The summed E-state index contributed by atoms with van der Waals surface area (Å²) in [5.74, 6) is 1.97. The number of aromatic nitrogens is 2. The molecule has 1 unspecified atom stereocenters. The molecule has 0 N–H and O–H groups in total. The Morgan fingerprint density at radius 2 is 1.22 bits per heavy atom. The largest absolute Gasteiger partial charge is 0.261 e. The molecule has 1 heterocycles. The van der Waals surface area contributed by atoms with Gasteiger partial charge in [-0.05, 0) is 43.7 Å². The van der Waals surface area contributed by atoms with Crippen LogP contribution in [-0.2, 0) is 19.4 Å². The fraction of sp³-hybridized carbons (Fsp3) is 0.571. The number of benzene rings is 2. The summed E-state index contributed by atoms with van der Waals surface area (Å²) in [7, 11) is 0. The van der Waals surface area contributed by atoms with E-state index < -0.39 is 0 Å². The van der Waals surface area contributed by atoms with Crippen LogP contribution in [0.3, 0.4) is 0 Å². The van der Waals surface area contributed by atoms with Gasteiger partial charge in [0.25, 0.3) is 5.82 Å². The van der Waals surface area contributed by atoms with Crippen molar-refractivity contribution in [3.8, 4) is 0 Å². The van der Waals surface area contributed by atoms with Gasteiger partial charge in [0.05, 0.1) is 19.0 Å². The quantitative estimate of drug-likeness (QED) is 0.121. The number of hydrogen-bond acceptors (Lipinski definition) is 0. The van der Waals surface area contributed by atoms with E-state index in [0.717, 1.165) is 19.4 Å². The lowest BCUT2D eigenvalue weighted by atomic mass is 9.96. The maximum atomic E-state index is 2.63. The topological polar surface area (TPSA) is 8.81 Å². The molecular weight excluding hydrogens is 448 g/mol. The maximum absolute atomic E-state index is 2.63. The van der Waals surface area contributed by atoms with Gasteiger partial charge in [-0.1, -0.05) is 132 Å². The molecule has 2 aromatic carbocycles. The third kappa shape index (κ3) is 9.80. The van der Waals surface area contributed by atoms with Crippen LogP contribution < -0.4 is 4.57 Å². The average Bonchev–Trinajstić information content (AvgIpc) is 3.24. The first-order valence-electron chi connectivity index (χ1n) is 15.3. The van der Waals surface area contributed by atoms with Gasteiger partial charge >= 0.3 is 0 Å². The summed E-state index contributed by atoms with van der Waals surface area (Å²) in [4.78, 5) is 0. The van der Waals surface area contributed by atoms with E-state index in [9.17, 15) is 0 Å². The number of rotatable bonds is 18. The second-order valence-corrected chi connectivity index (χ2v) is 11.4. The van der Waals surface area contributed by atoms with Gasteiger partial charge in [0, 0.05) is 6.42 Å². The van der Waals surface area contributed by atoms with Gasteiger partial charge in [-0.15, -0.1) is 0 Å². The normalized spacial score (nSPS) is 12.4. The fourth-order valence-electron chi connectivity index (χ4n) is 5.72. The van der Waals surface area contributed by atoms with Gasteiger partial charge in [0.2, 0.25) is 0 Å². The number of nitrogens with zero attached hydrogens (tertiary/aromatic N) is 2. The summed E-state index contributed by atoms with van der Waals surface area (Å²) in [5, 5.41) is 0. The summed E-state index contributed by atoms with van der Waals surface area (Å²) in [6, 6.07) is 22.5. The Hall–Kier alpha value is -2.35. The SMILES string of the molecule is CCCCCCCCCCCCC[n+]1cc(CC(C)c2ccccc2)n(C(C)C)c1Cc1ccccc1. The molecule has 0 aliphatic rings. The summed E-state index contributed by atoms with van der Waals surface area (Å²) in [6.07, 6.45) is 19.9. The van der Waals surface area contributed by atoms with Crippen molar-refractivity contribution in [2.75, 3.05) is 0 Å². The molecule has 0 radical (unpaired) electrons. The minimum atomic E-state index is 0.454. The molecule has 0 fully saturated rings. The predicted octanol–water partition coefficient (Wildman–Crippen LogP) is 9.60. The molecule has 0 spiro atoms. The zero-order valence-corrected chi connectivity index (χ0v) is 24.3. The Morgan fingerprint density at radius 1 is 0.676 bits per heavy atom. The van der Waals surface area contributed by atoms with Gasteiger partial charge in [-0.2, -0.15) is 0 Å². The molecule has 202 valence electrons. The smallest absolute Gasteiger partial charge is 0.234 e. The van der Waals surface area contributed by atoms with Crippen molar-refractivity contribution in [1.82, 2.24) is 4.57 Å². The third-order valence-electron chi connectivity index (χ3n) is 7.83. The fourth-order valence-corrected chi connectivity index (χ4v) is 5.72. The van der Waals surface area contributed by atoms with Crippen LogP contribution in [-0.4, -0.2) is 4.57 Å². The van der Waals surface area contributed by atoms with Crippen molar-refractivity contribution in [2.24, 2.45) is 0 Å². The van der Waals surface area contributed by atoms with Crippen LogP contribution in [0.1, 0.15) is 133 Å². The lowest BCUT2D eigenvalue weighted by Gasteiger charge is -2.13. The number of aryl methyl sites for hydroxylation is 1. The highest BCUT2D eigenvalue weighted by molar-refractivity contribution is 5.22. The monoisotopic (exact) mass is 501 g/mol. The van der Waals surface area contributed by atoms with E-state index in [1.165, 1.54) is 93.3 Å². The maximum Gasteiger partial charge on any atom is 0.261 e. The molecule has 2 nitrogen and oxygen atoms in total. The van der Waals surface area contributed by atoms with Crippen LogP contribution in [0.15, 0.2) is 66.9 Å². The molecule has 0 saturated heterocycles. The molecule has 3 rings (SSSR count). The molecule has 0 bridgehead atoms. The zero-order chi connectivity index (χ0) is 26.3. The zero-order valence-electron chi connectivity index (χ0n) is 24.3. The van der Waals surface area contributed by atoms with Gasteiger partial charge in [-0.3, -0.25) is 0 Å². The molecule has 1 atom stereocenters. The van der Waals surface area contributed by atoms with Crippen molar-refractivity contribution in [3.63, 3.8) is 0 Å². The van der Waals surface area contributed by atoms with Crippen LogP contribution in [0.2, 0.25) is 0 Å². The first-order chi connectivity index (χ1) is 18.1. The Balaban J connectivity index is 1.63. The van der Waals surface area contributed by atoms with E-state index in [1.807, 2.05) is 0 Å². The van der Waals surface area contributed by atoms with Crippen molar-refractivity contribution in [3.05, 3.63) is 89.5 Å². The molecule has 2 heteroatoms. The average molecular weight is 502 g/mol. The Morgan fingerprint density at radius 3 is 1.78 bits per heavy atom. The summed E-state index contributed by atoms with van der Waals surface area (Å²) in [5.41, 5.74) is 4.30. The van der Waals surface area contributed by atoms with Crippen LogP contribution in [0.5, 0.6) is 0 Å². The first kappa shape index (κ1) is 29.2. The molecule has 3 aromatic rings. The van der Waals surface area contributed by atoms with Crippen molar-refractivity contribution in [1.29, 1.82) is 0 Å². The molecular formula is C35H53N2+. The van der Waals surface area contributed by atoms with E-state index in [2.05, 4.69) is 104 Å². The second-order valence-electron chi connectivity index (χ2n) is 11.4. The molecule has 0 aliphatic carbocycles. The van der Waals surface area contributed by atoms with Gasteiger partial charge in [0.15, 0.2) is 0 Å². The molecule has 0 saturated carbocycles. The highest BCUT2D eigenvalue weighted by Gasteiger charge is 2.26. The molecule has 0 aliphatic heterocycles. The lowest BCUT2D eigenvalue weighted by Crippen LogP contribution is -2.37. The Kier molecular flexibility index (Phi) is 13.0. The van der Waals surface area contributed by atoms with Crippen molar-refractivity contribution < 1.29 is 4.57 Å². The highest BCUT2D eigenvalue weighted by Crippen LogP contribution is 2.24. The van der Waals surface area contributed by atoms with E-state index in [4.69, 9.17) is 0 Å². The standard InChI is InChI=1S/C35H53N2/c1-5-6-7-8-9-10-11-12-13-14-21-26-36-29-34(27-31(4)33-24-19-16-20-25-33)37(30(2)3)35(36)28-32-22-17-15-18-23-32/h15-20,22-25,29-31H,5-14,21,26-28H2,1-4H3/q+1. The lowest BCUT2D eigenvalue weighted by molar-refractivity contribution is -0.704. The van der Waals surface area contributed by atoms with Crippen LogP contribution in [0.25, 0.3) is 0 Å². The predicted molar refractivity (Wildman–Crippen MR) is 159 cm³/mol. The summed E-state index contributed by atoms with van der Waals surface area (Å²) >= 11 is 0. The summed E-state index contributed by atoms with van der Waals surface area (Å²) in [6.45, 7) is 10.5. The summed E-state index contributed by atoms with van der Waals surface area (Å²) < 4.78 is 5.22. The first-order valence-corrected chi connectivity index (χ1v) is 15.3. The van der Waals surface area contributed by atoms with Gasteiger partial charge in [0.1, 0.15) is 11.9 Å². The molecule has 0 amide bonds. The van der Waals surface area contributed by atoms with Crippen molar-refractivity contribution >= 4 is 0 Å². The second kappa shape index (κ2) is 16.5.